The lowest BCUT2D eigenvalue weighted by Gasteiger charge is -2.12. The molecule has 2 nitrogen and oxygen atoms in total. The highest BCUT2D eigenvalue weighted by molar-refractivity contribution is 6.17. The first-order valence-electron chi connectivity index (χ1n) is 7.48. The lowest BCUT2D eigenvalue weighted by Crippen LogP contribution is -2.08. The molecule has 0 unspecified atom stereocenters. The number of fused-ring (bicyclic) bond motifs is 1. The Balaban J connectivity index is 1.88. The van der Waals surface area contributed by atoms with E-state index in [9.17, 15) is 4.39 Å². The van der Waals surface area contributed by atoms with E-state index >= 15 is 0 Å². The van der Waals surface area contributed by atoms with Gasteiger partial charge in [-0.1, -0.05) is 25.7 Å². The summed E-state index contributed by atoms with van der Waals surface area (Å²) in [5.41, 5.74) is 1.78. The second-order valence-corrected chi connectivity index (χ2v) is 6.07. The average Bonchev–Trinajstić information content (AvgIpc) is 3.04. The molecule has 0 saturated heterocycles. The van der Waals surface area contributed by atoms with Crippen molar-refractivity contribution in [3.63, 3.8) is 0 Å². The minimum absolute atomic E-state index is 0.197. The number of nitrogens with zero attached hydrogens (tertiary/aromatic N) is 2. The van der Waals surface area contributed by atoms with Gasteiger partial charge in [0.2, 0.25) is 0 Å². The highest BCUT2D eigenvalue weighted by atomic mass is 35.5. The molecule has 0 atom stereocenters. The Kier molecular flexibility index (Phi) is 4.25. The van der Waals surface area contributed by atoms with Crippen LogP contribution in [0.15, 0.2) is 18.2 Å². The van der Waals surface area contributed by atoms with Gasteiger partial charge in [-0.2, -0.15) is 0 Å². The van der Waals surface area contributed by atoms with Gasteiger partial charge in [-0.3, -0.25) is 0 Å². The fourth-order valence-electron chi connectivity index (χ4n) is 3.28. The molecular formula is C16H20ClFN2. The van der Waals surface area contributed by atoms with Gasteiger partial charge < -0.3 is 4.57 Å². The molecule has 0 aliphatic heterocycles. The van der Waals surface area contributed by atoms with E-state index in [0.29, 0.717) is 5.88 Å². The molecule has 1 aromatic heterocycles. The number of rotatable bonds is 5. The number of benzene rings is 1. The van der Waals surface area contributed by atoms with Crippen LogP contribution >= 0.6 is 11.6 Å². The van der Waals surface area contributed by atoms with Crippen LogP contribution in [0, 0.1) is 11.7 Å². The predicted molar refractivity (Wildman–Crippen MR) is 80.7 cm³/mol. The van der Waals surface area contributed by atoms with E-state index in [1.165, 1.54) is 31.7 Å². The number of halogens is 2. The summed E-state index contributed by atoms with van der Waals surface area (Å²) in [4.78, 5) is 4.60. The topological polar surface area (TPSA) is 17.8 Å². The van der Waals surface area contributed by atoms with Gasteiger partial charge in [0.05, 0.1) is 11.0 Å². The molecule has 20 heavy (non-hydrogen) atoms. The molecule has 0 N–H and O–H groups in total. The highest BCUT2D eigenvalue weighted by Crippen LogP contribution is 2.29. The Morgan fingerprint density at radius 1 is 1.30 bits per heavy atom. The number of imidazole rings is 1. The van der Waals surface area contributed by atoms with E-state index in [1.54, 1.807) is 12.1 Å². The fourth-order valence-corrected chi connectivity index (χ4v) is 3.45. The maximum absolute atomic E-state index is 13.5. The van der Waals surface area contributed by atoms with Crippen LogP contribution < -0.4 is 0 Å². The lowest BCUT2D eigenvalue weighted by molar-refractivity contribution is 0.457. The van der Waals surface area contributed by atoms with Gasteiger partial charge in [-0.25, -0.2) is 9.37 Å². The zero-order valence-corrected chi connectivity index (χ0v) is 12.4. The van der Waals surface area contributed by atoms with Crippen molar-refractivity contribution in [3.8, 4) is 0 Å². The number of hydrogen-bond donors (Lipinski definition) is 0. The summed E-state index contributed by atoms with van der Waals surface area (Å²) in [6, 6.07) is 4.82. The minimum atomic E-state index is -0.197. The molecule has 0 radical (unpaired) electrons. The largest absolute Gasteiger partial charge is 0.328 e. The maximum Gasteiger partial charge on any atom is 0.125 e. The molecular weight excluding hydrogens is 275 g/mol. The Morgan fingerprint density at radius 3 is 2.85 bits per heavy atom. The second-order valence-electron chi connectivity index (χ2n) is 5.69. The predicted octanol–water partition coefficient (Wildman–Crippen LogP) is 4.54. The molecule has 1 aliphatic rings. The molecule has 1 aromatic carbocycles. The van der Waals surface area contributed by atoms with Crippen molar-refractivity contribution in [2.75, 3.05) is 5.88 Å². The third kappa shape index (κ3) is 2.83. The first kappa shape index (κ1) is 13.9. The normalized spacial score (nSPS) is 16.3. The highest BCUT2D eigenvalue weighted by Gasteiger charge is 2.17. The Labute approximate surface area is 123 Å². The molecule has 1 heterocycles. The van der Waals surface area contributed by atoms with Crippen LogP contribution in [0.25, 0.3) is 11.0 Å². The van der Waals surface area contributed by atoms with Gasteiger partial charge in [-0.15, -0.1) is 11.6 Å². The monoisotopic (exact) mass is 294 g/mol. The summed E-state index contributed by atoms with van der Waals surface area (Å²) >= 11 is 5.87. The van der Waals surface area contributed by atoms with Gasteiger partial charge >= 0.3 is 0 Å². The van der Waals surface area contributed by atoms with Crippen LogP contribution in [0.3, 0.4) is 0 Å². The van der Waals surface area contributed by atoms with Gasteiger partial charge in [0.15, 0.2) is 0 Å². The summed E-state index contributed by atoms with van der Waals surface area (Å²) in [6.45, 7) is 0.927. The minimum Gasteiger partial charge on any atom is -0.328 e. The Hall–Kier alpha value is -1.09. The van der Waals surface area contributed by atoms with Crippen LogP contribution in [-0.4, -0.2) is 15.4 Å². The summed E-state index contributed by atoms with van der Waals surface area (Å²) in [5.74, 6) is 2.16. The number of hydrogen-bond acceptors (Lipinski definition) is 1. The van der Waals surface area contributed by atoms with Gasteiger partial charge in [0.25, 0.3) is 0 Å². The van der Waals surface area contributed by atoms with Gasteiger partial charge in [0.1, 0.15) is 11.6 Å². The maximum atomic E-state index is 13.5. The zero-order chi connectivity index (χ0) is 13.9. The van der Waals surface area contributed by atoms with Gasteiger partial charge in [0, 0.05) is 18.8 Å². The summed E-state index contributed by atoms with van der Waals surface area (Å²) in [6.07, 6.45) is 7.30. The van der Waals surface area contributed by atoms with Crippen molar-refractivity contribution < 1.29 is 4.39 Å². The van der Waals surface area contributed by atoms with E-state index in [1.807, 2.05) is 0 Å². The smallest absolute Gasteiger partial charge is 0.125 e. The summed E-state index contributed by atoms with van der Waals surface area (Å²) in [7, 11) is 0. The van der Waals surface area contributed by atoms with Crippen molar-refractivity contribution in [2.24, 2.45) is 5.92 Å². The molecule has 1 aliphatic carbocycles. The molecule has 108 valence electrons. The van der Waals surface area contributed by atoms with Crippen LogP contribution in [0.1, 0.15) is 37.9 Å². The lowest BCUT2D eigenvalue weighted by atomic mass is 10.0. The Bertz CT molecular complexity index is 587. The standard InChI is InChI=1S/C16H20ClFN2/c17-9-7-16-19-14-6-5-13(18)11-15(14)20(16)10-8-12-3-1-2-4-12/h5-6,11-12H,1-4,7-10H2. The third-order valence-electron chi connectivity index (χ3n) is 4.34. The first-order valence-corrected chi connectivity index (χ1v) is 8.02. The number of aryl methyl sites for hydroxylation is 2. The second kappa shape index (κ2) is 6.13. The van der Waals surface area contributed by atoms with Crippen molar-refractivity contribution >= 4 is 22.6 Å². The van der Waals surface area contributed by atoms with E-state index in [0.717, 1.165) is 42.2 Å². The van der Waals surface area contributed by atoms with Crippen LogP contribution in [0.2, 0.25) is 0 Å². The average molecular weight is 295 g/mol. The van der Waals surface area contributed by atoms with Crippen molar-refractivity contribution in [2.45, 2.75) is 45.1 Å². The van der Waals surface area contributed by atoms with Crippen LogP contribution in [0.5, 0.6) is 0 Å². The third-order valence-corrected chi connectivity index (χ3v) is 4.53. The molecule has 1 saturated carbocycles. The zero-order valence-electron chi connectivity index (χ0n) is 11.6. The van der Waals surface area contributed by atoms with E-state index in [2.05, 4.69) is 9.55 Å². The van der Waals surface area contributed by atoms with Crippen molar-refractivity contribution in [3.05, 3.63) is 29.8 Å². The quantitative estimate of drug-likeness (QED) is 0.741. The van der Waals surface area contributed by atoms with E-state index < -0.39 is 0 Å². The van der Waals surface area contributed by atoms with Crippen LogP contribution in [-0.2, 0) is 13.0 Å². The van der Waals surface area contributed by atoms with E-state index in [4.69, 9.17) is 11.6 Å². The molecule has 2 aromatic rings. The molecule has 0 bridgehead atoms. The molecule has 4 heteroatoms. The number of alkyl halides is 1. The Morgan fingerprint density at radius 2 is 2.10 bits per heavy atom. The molecule has 3 rings (SSSR count). The van der Waals surface area contributed by atoms with Gasteiger partial charge in [-0.05, 0) is 30.5 Å². The van der Waals surface area contributed by atoms with E-state index in [-0.39, 0.29) is 5.82 Å². The molecule has 0 amide bonds. The van der Waals surface area contributed by atoms with Crippen molar-refractivity contribution in [1.82, 2.24) is 9.55 Å². The number of aromatic nitrogens is 2. The molecule has 1 fully saturated rings. The van der Waals surface area contributed by atoms with Crippen molar-refractivity contribution in [1.29, 1.82) is 0 Å². The first-order chi connectivity index (χ1) is 9.78. The fraction of sp³-hybridized carbons (Fsp3) is 0.562. The van der Waals surface area contributed by atoms with Crippen LogP contribution in [0.4, 0.5) is 4.39 Å². The summed E-state index contributed by atoms with van der Waals surface area (Å²) in [5, 5.41) is 0. The SMILES string of the molecule is Fc1ccc2nc(CCCl)n(CCC3CCCC3)c2c1. The molecule has 0 spiro atoms. The summed E-state index contributed by atoms with van der Waals surface area (Å²) < 4.78 is 15.7.